The van der Waals surface area contributed by atoms with Gasteiger partial charge in [-0.25, -0.2) is 4.39 Å². The van der Waals surface area contributed by atoms with Gasteiger partial charge in [-0.1, -0.05) is 16.8 Å². The molecule has 1 aromatic heterocycles. The van der Waals surface area contributed by atoms with Gasteiger partial charge in [0.2, 0.25) is 0 Å². The zero-order valence-electron chi connectivity index (χ0n) is 7.30. The van der Waals surface area contributed by atoms with E-state index in [2.05, 4.69) is 5.16 Å². The van der Waals surface area contributed by atoms with Gasteiger partial charge in [-0.15, -0.1) is 0 Å². The molecule has 0 aliphatic heterocycles. The highest BCUT2D eigenvalue weighted by Crippen LogP contribution is 2.33. The van der Waals surface area contributed by atoms with E-state index in [0.717, 1.165) is 0 Å². The molecule has 3 nitrogen and oxygen atoms in total. The van der Waals surface area contributed by atoms with Crippen molar-refractivity contribution in [1.82, 2.24) is 5.16 Å². The van der Waals surface area contributed by atoms with Gasteiger partial charge in [-0.3, -0.25) is 0 Å². The Bertz CT molecular complexity index is 515. The first-order valence-electron chi connectivity index (χ1n) is 3.95. The molecule has 78 valence electrons. The van der Waals surface area contributed by atoms with Crippen LogP contribution in [0.3, 0.4) is 0 Å². The molecule has 1 aromatic carbocycles. The highest BCUT2D eigenvalue weighted by atomic mass is 127. The number of halogens is 3. The average Bonchev–Trinajstić information content (AvgIpc) is 2.49. The predicted molar refractivity (Wildman–Crippen MR) is 64.0 cm³/mol. The van der Waals surface area contributed by atoms with Crippen molar-refractivity contribution in [2.24, 2.45) is 0 Å². The summed E-state index contributed by atoms with van der Waals surface area (Å²) < 4.78 is 18.5. The fourth-order valence-corrected chi connectivity index (χ4v) is 1.87. The molecular weight excluding hydrogens is 333 g/mol. The molecule has 2 aromatic rings. The number of hydrogen-bond acceptors (Lipinski definition) is 3. The monoisotopic (exact) mass is 338 g/mol. The predicted octanol–water partition coefficient (Wildman–Crippen LogP) is 3.32. The molecular formula is C9H5ClFIN2O. The lowest BCUT2D eigenvalue weighted by Crippen LogP contribution is -1.87. The maximum Gasteiger partial charge on any atom is 0.183 e. The van der Waals surface area contributed by atoms with Crippen molar-refractivity contribution in [2.75, 3.05) is 5.73 Å². The number of nitrogens with two attached hydrogens (primary N) is 1. The summed E-state index contributed by atoms with van der Waals surface area (Å²) in [5.74, 6) is 0.357. The minimum absolute atomic E-state index is 0.268. The summed E-state index contributed by atoms with van der Waals surface area (Å²) in [6.45, 7) is 0. The van der Waals surface area contributed by atoms with Crippen molar-refractivity contribution < 1.29 is 8.91 Å². The number of benzene rings is 1. The summed E-state index contributed by atoms with van der Waals surface area (Å²) in [7, 11) is 0. The van der Waals surface area contributed by atoms with Crippen LogP contribution >= 0.6 is 34.2 Å². The molecule has 1 heterocycles. The quantitative estimate of drug-likeness (QED) is 0.812. The van der Waals surface area contributed by atoms with E-state index in [0.29, 0.717) is 20.7 Å². The largest absolute Gasteiger partial charge is 0.380 e. The van der Waals surface area contributed by atoms with Gasteiger partial charge in [0.25, 0.3) is 0 Å². The van der Waals surface area contributed by atoms with Crippen molar-refractivity contribution >= 4 is 40.0 Å². The third-order valence-corrected chi connectivity index (χ3v) is 3.19. The molecule has 6 heteroatoms. The summed E-state index contributed by atoms with van der Waals surface area (Å²) >= 11 is 7.87. The maximum atomic E-state index is 12.8. The first-order valence-corrected chi connectivity index (χ1v) is 5.41. The Morgan fingerprint density at radius 2 is 2.20 bits per heavy atom. The zero-order valence-corrected chi connectivity index (χ0v) is 10.2. The number of aromatic nitrogens is 1. The third kappa shape index (κ3) is 1.93. The van der Waals surface area contributed by atoms with E-state index in [9.17, 15) is 4.39 Å². The van der Waals surface area contributed by atoms with Crippen LogP contribution in [0, 0.1) is 9.39 Å². The number of nitrogens with zero attached hydrogens (tertiary/aromatic N) is 1. The van der Waals surface area contributed by atoms with E-state index in [-0.39, 0.29) is 5.02 Å². The Morgan fingerprint density at radius 1 is 1.47 bits per heavy atom. The summed E-state index contributed by atoms with van der Waals surface area (Å²) in [4.78, 5) is 0. The van der Waals surface area contributed by atoms with Crippen LogP contribution in [0.2, 0.25) is 5.02 Å². The van der Waals surface area contributed by atoms with Gasteiger partial charge in [-0.05, 0) is 40.8 Å². The molecule has 0 atom stereocenters. The van der Waals surface area contributed by atoms with Gasteiger partial charge in [0.15, 0.2) is 11.6 Å². The normalized spacial score (nSPS) is 10.6. The van der Waals surface area contributed by atoms with Crippen LogP contribution in [0.1, 0.15) is 0 Å². The Kier molecular flexibility index (Phi) is 2.83. The van der Waals surface area contributed by atoms with Crippen molar-refractivity contribution in [2.45, 2.75) is 0 Å². The van der Waals surface area contributed by atoms with Crippen LogP contribution in [-0.2, 0) is 0 Å². The van der Waals surface area contributed by atoms with Crippen LogP contribution < -0.4 is 5.73 Å². The number of hydrogen-bond donors (Lipinski definition) is 1. The summed E-state index contributed by atoms with van der Waals surface area (Å²) in [6.07, 6.45) is 0. The molecule has 0 bridgehead atoms. The molecule has 0 saturated heterocycles. The Morgan fingerprint density at radius 3 is 2.73 bits per heavy atom. The fourth-order valence-electron chi connectivity index (χ4n) is 1.13. The molecule has 0 amide bonds. The van der Waals surface area contributed by atoms with Crippen molar-refractivity contribution in [3.63, 3.8) is 0 Å². The van der Waals surface area contributed by atoms with Gasteiger partial charge in [0.1, 0.15) is 9.39 Å². The average molecular weight is 339 g/mol. The minimum atomic E-state index is -0.397. The van der Waals surface area contributed by atoms with E-state index >= 15 is 0 Å². The smallest absolute Gasteiger partial charge is 0.183 e. The Labute approximate surface area is 104 Å². The van der Waals surface area contributed by atoms with Gasteiger partial charge in [0.05, 0.1) is 5.02 Å². The third-order valence-electron chi connectivity index (χ3n) is 1.84. The first-order chi connectivity index (χ1) is 7.09. The molecule has 2 N–H and O–H groups in total. The summed E-state index contributed by atoms with van der Waals surface area (Å²) in [5.41, 5.74) is 6.10. The van der Waals surface area contributed by atoms with Gasteiger partial charge < -0.3 is 10.3 Å². The fraction of sp³-hybridized carbons (Fsp3) is 0. The van der Waals surface area contributed by atoms with E-state index < -0.39 is 5.82 Å². The van der Waals surface area contributed by atoms with E-state index in [1.165, 1.54) is 18.2 Å². The van der Waals surface area contributed by atoms with E-state index in [1.54, 1.807) is 0 Å². The van der Waals surface area contributed by atoms with Crippen LogP contribution in [0.5, 0.6) is 0 Å². The van der Waals surface area contributed by atoms with Crippen LogP contribution in [0.15, 0.2) is 22.7 Å². The molecule has 2 rings (SSSR count). The van der Waals surface area contributed by atoms with Crippen molar-refractivity contribution in [3.05, 3.63) is 32.6 Å². The number of anilines is 1. The SMILES string of the molecule is Nc1noc(-c2ccc(F)cc2Cl)c1I. The summed E-state index contributed by atoms with van der Waals surface area (Å²) in [5, 5.41) is 3.87. The second kappa shape index (κ2) is 3.97. The van der Waals surface area contributed by atoms with Gasteiger partial charge >= 0.3 is 0 Å². The van der Waals surface area contributed by atoms with E-state index in [4.69, 9.17) is 21.9 Å². The molecule has 0 radical (unpaired) electrons. The second-order valence-corrected chi connectivity index (χ2v) is 4.32. The molecule has 0 spiro atoms. The highest BCUT2D eigenvalue weighted by molar-refractivity contribution is 14.1. The first kappa shape index (κ1) is 10.7. The minimum Gasteiger partial charge on any atom is -0.380 e. The Hall–Kier alpha value is -0.820. The molecule has 15 heavy (non-hydrogen) atoms. The standard InChI is InChI=1S/C9H5ClFIN2O/c10-6-3-4(11)1-2-5(6)8-7(12)9(13)14-15-8/h1-3H,(H2,13,14). The topological polar surface area (TPSA) is 52.0 Å². The van der Waals surface area contributed by atoms with E-state index in [1.807, 2.05) is 22.6 Å². The van der Waals surface area contributed by atoms with Gasteiger partial charge in [0, 0.05) is 5.56 Å². The molecule has 0 aliphatic rings. The zero-order chi connectivity index (χ0) is 11.0. The second-order valence-electron chi connectivity index (χ2n) is 2.84. The Balaban J connectivity index is 2.59. The van der Waals surface area contributed by atoms with Crippen LogP contribution in [-0.4, -0.2) is 5.16 Å². The van der Waals surface area contributed by atoms with Crippen LogP contribution in [0.25, 0.3) is 11.3 Å². The number of nitrogen functional groups attached to an aromatic ring is 1. The lowest BCUT2D eigenvalue weighted by atomic mass is 10.2. The highest BCUT2D eigenvalue weighted by Gasteiger charge is 2.15. The van der Waals surface area contributed by atoms with Crippen molar-refractivity contribution in [1.29, 1.82) is 0 Å². The van der Waals surface area contributed by atoms with Gasteiger partial charge in [-0.2, -0.15) is 0 Å². The lowest BCUT2D eigenvalue weighted by molar-refractivity contribution is 0.435. The number of rotatable bonds is 1. The lowest BCUT2D eigenvalue weighted by Gasteiger charge is -1.99. The molecule has 0 unspecified atom stereocenters. The van der Waals surface area contributed by atoms with Crippen molar-refractivity contribution in [3.8, 4) is 11.3 Å². The molecule has 0 saturated carbocycles. The molecule has 0 aliphatic carbocycles. The van der Waals surface area contributed by atoms with Crippen LogP contribution in [0.4, 0.5) is 10.2 Å². The summed E-state index contributed by atoms with van der Waals surface area (Å²) in [6, 6.07) is 4.04. The maximum absolute atomic E-state index is 12.8. The molecule has 0 fully saturated rings.